The van der Waals surface area contributed by atoms with Gasteiger partial charge in [0.25, 0.3) is 5.91 Å². The molecule has 2 N–H and O–H groups in total. The molecule has 0 saturated carbocycles. The maximum absolute atomic E-state index is 11.7. The molecule has 1 amide bonds. The quantitative estimate of drug-likeness (QED) is 0.808. The molecule has 17 heavy (non-hydrogen) atoms. The molecule has 0 aliphatic rings. The third-order valence-corrected chi connectivity index (χ3v) is 2.42. The molecular weight excluding hydrogens is 220 g/mol. The van der Waals surface area contributed by atoms with Gasteiger partial charge >= 0.3 is 5.97 Å². The van der Waals surface area contributed by atoms with Gasteiger partial charge in [-0.3, -0.25) is 4.79 Å². The minimum Gasteiger partial charge on any atom is -0.462 e. The van der Waals surface area contributed by atoms with Crippen molar-refractivity contribution in [2.75, 3.05) is 6.61 Å². The molecule has 0 unspecified atom stereocenters. The average molecular weight is 232 g/mol. The molecule has 2 aromatic heterocycles. The summed E-state index contributed by atoms with van der Waals surface area (Å²) in [6.45, 7) is 2.01. The van der Waals surface area contributed by atoms with E-state index in [0.29, 0.717) is 11.1 Å². The van der Waals surface area contributed by atoms with Gasteiger partial charge in [0.2, 0.25) is 0 Å². The lowest BCUT2D eigenvalue weighted by atomic mass is 10.2. The van der Waals surface area contributed by atoms with Crippen molar-refractivity contribution in [1.82, 2.24) is 4.40 Å². The number of carbonyl (C=O) groups excluding carboxylic acids is 2. The first kappa shape index (κ1) is 11.2. The number of hydrogen-bond donors (Lipinski definition) is 1. The van der Waals surface area contributed by atoms with E-state index in [-0.39, 0.29) is 12.3 Å². The number of ether oxygens (including phenoxy) is 1. The fraction of sp³-hybridized carbons (Fsp3) is 0.167. The van der Waals surface area contributed by atoms with Gasteiger partial charge in [0.05, 0.1) is 17.7 Å². The molecule has 0 atom stereocenters. The van der Waals surface area contributed by atoms with E-state index in [1.54, 1.807) is 35.7 Å². The molecule has 0 aromatic carbocycles. The van der Waals surface area contributed by atoms with Crippen molar-refractivity contribution in [2.45, 2.75) is 6.92 Å². The molecule has 0 aliphatic carbocycles. The second kappa shape index (κ2) is 4.29. The lowest BCUT2D eigenvalue weighted by molar-refractivity contribution is 0.0529. The van der Waals surface area contributed by atoms with Crippen LogP contribution in [0.4, 0.5) is 0 Å². The number of esters is 1. The fourth-order valence-corrected chi connectivity index (χ4v) is 1.72. The van der Waals surface area contributed by atoms with E-state index < -0.39 is 11.9 Å². The van der Waals surface area contributed by atoms with Crippen LogP contribution in [-0.2, 0) is 4.74 Å². The molecule has 0 spiro atoms. The van der Waals surface area contributed by atoms with Crippen LogP contribution in [0.5, 0.6) is 0 Å². The van der Waals surface area contributed by atoms with E-state index >= 15 is 0 Å². The molecule has 2 rings (SSSR count). The number of pyridine rings is 1. The van der Waals surface area contributed by atoms with Gasteiger partial charge in [-0.05, 0) is 25.1 Å². The Labute approximate surface area is 97.8 Å². The highest BCUT2D eigenvalue weighted by Crippen LogP contribution is 2.17. The summed E-state index contributed by atoms with van der Waals surface area (Å²) in [6, 6.07) is 6.73. The second-order valence-corrected chi connectivity index (χ2v) is 3.48. The van der Waals surface area contributed by atoms with Gasteiger partial charge in [0.15, 0.2) is 0 Å². The van der Waals surface area contributed by atoms with Crippen LogP contribution >= 0.6 is 0 Å². The summed E-state index contributed by atoms with van der Waals surface area (Å²) in [5, 5.41) is 0. The summed E-state index contributed by atoms with van der Waals surface area (Å²) >= 11 is 0. The maximum Gasteiger partial charge on any atom is 0.340 e. The summed E-state index contributed by atoms with van der Waals surface area (Å²) < 4.78 is 6.50. The first-order valence-corrected chi connectivity index (χ1v) is 5.22. The van der Waals surface area contributed by atoms with Crippen LogP contribution in [0.15, 0.2) is 30.5 Å². The van der Waals surface area contributed by atoms with Gasteiger partial charge in [-0.2, -0.15) is 0 Å². The van der Waals surface area contributed by atoms with Gasteiger partial charge in [0.1, 0.15) is 5.69 Å². The molecule has 5 nitrogen and oxygen atoms in total. The zero-order valence-electron chi connectivity index (χ0n) is 9.34. The summed E-state index contributed by atoms with van der Waals surface area (Å²) in [4.78, 5) is 23.0. The Hall–Kier alpha value is -2.30. The van der Waals surface area contributed by atoms with Crippen LogP contribution < -0.4 is 5.73 Å². The van der Waals surface area contributed by atoms with Crippen LogP contribution in [0.1, 0.15) is 27.8 Å². The average Bonchev–Trinajstić information content (AvgIpc) is 2.69. The molecule has 5 heteroatoms. The maximum atomic E-state index is 11.7. The highest BCUT2D eigenvalue weighted by Gasteiger charge is 2.18. The Bertz CT molecular complexity index is 586. The molecule has 0 radical (unpaired) electrons. The monoisotopic (exact) mass is 232 g/mol. The predicted octanol–water partition coefficient (Wildman–Crippen LogP) is 1.21. The smallest absolute Gasteiger partial charge is 0.340 e. The Kier molecular flexibility index (Phi) is 2.82. The van der Waals surface area contributed by atoms with Crippen molar-refractivity contribution >= 4 is 17.4 Å². The van der Waals surface area contributed by atoms with Crippen LogP contribution in [0, 0.1) is 0 Å². The van der Waals surface area contributed by atoms with E-state index in [4.69, 9.17) is 10.5 Å². The molecular formula is C12H12N2O3. The van der Waals surface area contributed by atoms with Crippen molar-refractivity contribution in [2.24, 2.45) is 5.73 Å². The number of aromatic nitrogens is 1. The van der Waals surface area contributed by atoms with Crippen LogP contribution in [0.3, 0.4) is 0 Å². The number of carbonyl (C=O) groups is 2. The van der Waals surface area contributed by atoms with Gasteiger partial charge in [-0.1, -0.05) is 6.07 Å². The standard InChI is InChI=1S/C12H12N2O3/c1-2-17-12(16)8-7-10(11(13)15)14-6-4-3-5-9(8)14/h3-7H,2H2,1H3,(H2,13,15). The lowest BCUT2D eigenvalue weighted by Gasteiger charge is -2.00. The Morgan fingerprint density at radius 3 is 2.82 bits per heavy atom. The normalized spacial score (nSPS) is 10.4. The summed E-state index contributed by atoms with van der Waals surface area (Å²) in [6.07, 6.45) is 1.68. The van der Waals surface area contributed by atoms with Gasteiger partial charge in [-0.25, -0.2) is 4.79 Å². The Balaban J connectivity index is 2.64. The second-order valence-electron chi connectivity index (χ2n) is 3.48. The van der Waals surface area contributed by atoms with Crippen LogP contribution in [0.25, 0.3) is 5.52 Å². The first-order valence-electron chi connectivity index (χ1n) is 5.22. The molecule has 0 fully saturated rings. The van der Waals surface area contributed by atoms with Crippen molar-refractivity contribution in [1.29, 1.82) is 0 Å². The van der Waals surface area contributed by atoms with Gasteiger partial charge < -0.3 is 14.9 Å². The Morgan fingerprint density at radius 2 is 2.18 bits per heavy atom. The SMILES string of the molecule is CCOC(=O)c1cc(C(N)=O)n2ccccc12. The van der Waals surface area contributed by atoms with E-state index in [1.165, 1.54) is 6.07 Å². The number of nitrogens with zero attached hydrogens (tertiary/aromatic N) is 1. The molecule has 0 aliphatic heterocycles. The summed E-state index contributed by atoms with van der Waals surface area (Å²) in [5.41, 5.74) is 6.48. The minimum atomic E-state index is -0.582. The summed E-state index contributed by atoms with van der Waals surface area (Å²) in [7, 11) is 0. The number of fused-ring (bicyclic) bond motifs is 1. The molecule has 2 aromatic rings. The topological polar surface area (TPSA) is 73.8 Å². The number of rotatable bonds is 3. The van der Waals surface area contributed by atoms with Crippen LogP contribution in [0.2, 0.25) is 0 Å². The molecule has 2 heterocycles. The van der Waals surface area contributed by atoms with Crippen molar-refractivity contribution in [3.05, 3.63) is 41.7 Å². The molecule has 88 valence electrons. The van der Waals surface area contributed by atoms with Crippen molar-refractivity contribution in [3.63, 3.8) is 0 Å². The minimum absolute atomic E-state index is 0.267. The van der Waals surface area contributed by atoms with E-state index in [2.05, 4.69) is 0 Å². The third kappa shape index (κ3) is 1.87. The molecule has 0 saturated heterocycles. The van der Waals surface area contributed by atoms with E-state index in [0.717, 1.165) is 0 Å². The largest absolute Gasteiger partial charge is 0.462 e. The zero-order valence-corrected chi connectivity index (χ0v) is 9.34. The third-order valence-electron chi connectivity index (χ3n) is 2.42. The van der Waals surface area contributed by atoms with Crippen LogP contribution in [-0.4, -0.2) is 22.9 Å². The number of nitrogens with two attached hydrogens (primary N) is 1. The zero-order chi connectivity index (χ0) is 12.4. The van der Waals surface area contributed by atoms with E-state index in [1.807, 2.05) is 0 Å². The lowest BCUT2D eigenvalue weighted by Crippen LogP contribution is -2.13. The van der Waals surface area contributed by atoms with Gasteiger partial charge in [0, 0.05) is 6.20 Å². The highest BCUT2D eigenvalue weighted by molar-refractivity contribution is 6.02. The first-order chi connectivity index (χ1) is 8.15. The van der Waals surface area contributed by atoms with Gasteiger partial charge in [-0.15, -0.1) is 0 Å². The highest BCUT2D eigenvalue weighted by atomic mass is 16.5. The fourth-order valence-electron chi connectivity index (χ4n) is 1.72. The number of amides is 1. The summed E-state index contributed by atoms with van der Waals surface area (Å²) in [5.74, 6) is -1.04. The number of hydrogen-bond acceptors (Lipinski definition) is 3. The predicted molar refractivity (Wildman–Crippen MR) is 61.9 cm³/mol. The number of primary amides is 1. The van der Waals surface area contributed by atoms with Crippen molar-refractivity contribution < 1.29 is 14.3 Å². The molecule has 0 bridgehead atoms. The van der Waals surface area contributed by atoms with Crippen molar-refractivity contribution in [3.8, 4) is 0 Å². The van der Waals surface area contributed by atoms with E-state index in [9.17, 15) is 9.59 Å². The Morgan fingerprint density at radius 1 is 1.41 bits per heavy atom.